The van der Waals surface area contributed by atoms with Crippen LogP contribution in [0.3, 0.4) is 0 Å². The summed E-state index contributed by atoms with van der Waals surface area (Å²) >= 11 is 0. The number of hydrogen-bond donors (Lipinski definition) is 1. The molecule has 1 amide bonds. The number of carbonyl (C=O) groups excluding carboxylic acids is 2. The van der Waals surface area contributed by atoms with Gasteiger partial charge in [0.15, 0.2) is 0 Å². The molecule has 2 aromatic carbocycles. The van der Waals surface area contributed by atoms with Crippen molar-refractivity contribution < 1.29 is 14.3 Å². The van der Waals surface area contributed by atoms with Gasteiger partial charge in [0.2, 0.25) is 5.91 Å². The molecular weight excluding hydrogens is 302 g/mol. The molecule has 2 aromatic rings. The van der Waals surface area contributed by atoms with E-state index in [0.717, 1.165) is 30.4 Å². The largest absolute Gasteiger partial charge is 0.465 e. The number of rotatable bonds is 3. The van der Waals surface area contributed by atoms with Crippen LogP contribution in [0.15, 0.2) is 42.5 Å². The second-order valence-electron chi connectivity index (χ2n) is 6.10. The lowest BCUT2D eigenvalue weighted by Crippen LogP contribution is -2.25. The predicted molar refractivity (Wildman–Crippen MR) is 93.3 cm³/mol. The summed E-state index contributed by atoms with van der Waals surface area (Å²) in [5.74, 6) is -0.560. The molecule has 0 saturated heterocycles. The molecule has 0 radical (unpaired) electrons. The van der Waals surface area contributed by atoms with Crippen molar-refractivity contribution in [2.24, 2.45) is 0 Å². The molecule has 1 atom stereocenters. The summed E-state index contributed by atoms with van der Waals surface area (Å²) in [7, 11) is 1.35. The molecule has 4 nitrogen and oxygen atoms in total. The summed E-state index contributed by atoms with van der Waals surface area (Å²) in [5.41, 5.74) is 4.22. The number of benzene rings is 2. The van der Waals surface area contributed by atoms with Gasteiger partial charge in [-0.15, -0.1) is 0 Å². The Morgan fingerprint density at radius 1 is 1.12 bits per heavy atom. The molecular formula is C20H21NO3. The molecule has 1 aliphatic rings. The van der Waals surface area contributed by atoms with Crippen LogP contribution < -0.4 is 5.32 Å². The monoisotopic (exact) mass is 323 g/mol. The van der Waals surface area contributed by atoms with Crippen molar-refractivity contribution in [1.82, 2.24) is 0 Å². The zero-order valence-corrected chi connectivity index (χ0v) is 14.0. The third-order valence-corrected chi connectivity index (χ3v) is 4.68. The molecule has 0 fully saturated rings. The maximum Gasteiger partial charge on any atom is 0.338 e. The Kier molecular flexibility index (Phi) is 4.65. The van der Waals surface area contributed by atoms with Gasteiger partial charge in [-0.2, -0.15) is 0 Å². The lowest BCUT2D eigenvalue weighted by Gasteiger charge is -2.25. The van der Waals surface area contributed by atoms with Crippen LogP contribution in [-0.2, 0) is 16.0 Å². The van der Waals surface area contributed by atoms with Gasteiger partial charge in [0.1, 0.15) is 0 Å². The molecule has 24 heavy (non-hydrogen) atoms. The summed E-state index contributed by atoms with van der Waals surface area (Å²) < 4.78 is 4.79. The van der Waals surface area contributed by atoms with Gasteiger partial charge in [-0.25, -0.2) is 4.79 Å². The number of amides is 1. The molecule has 4 heteroatoms. The number of carbonyl (C=O) groups is 2. The maximum atomic E-state index is 12.8. The zero-order chi connectivity index (χ0) is 17.1. The Balaban J connectivity index is 1.85. The highest BCUT2D eigenvalue weighted by Crippen LogP contribution is 2.33. The van der Waals surface area contributed by atoms with Gasteiger partial charge < -0.3 is 10.1 Å². The normalized spacial score (nSPS) is 16.2. The van der Waals surface area contributed by atoms with Gasteiger partial charge in [-0.05, 0) is 55.0 Å². The molecule has 124 valence electrons. The summed E-state index contributed by atoms with van der Waals surface area (Å²) in [6, 6.07) is 13.4. The first-order valence-corrected chi connectivity index (χ1v) is 8.18. The molecule has 0 saturated carbocycles. The summed E-state index contributed by atoms with van der Waals surface area (Å²) in [5, 5.41) is 2.99. The van der Waals surface area contributed by atoms with Crippen molar-refractivity contribution in [3.8, 4) is 0 Å². The van der Waals surface area contributed by atoms with Crippen LogP contribution >= 0.6 is 0 Å². The van der Waals surface area contributed by atoms with E-state index in [1.54, 1.807) is 12.1 Å². The van der Waals surface area contributed by atoms with Crippen molar-refractivity contribution in [2.45, 2.75) is 32.1 Å². The minimum absolute atomic E-state index is 0.0211. The van der Waals surface area contributed by atoms with Crippen LogP contribution in [-0.4, -0.2) is 19.0 Å². The van der Waals surface area contributed by atoms with Crippen molar-refractivity contribution in [1.29, 1.82) is 0 Å². The van der Waals surface area contributed by atoms with Crippen LogP contribution in [0.4, 0.5) is 5.69 Å². The van der Waals surface area contributed by atoms with Crippen LogP contribution in [0.25, 0.3) is 0 Å². The van der Waals surface area contributed by atoms with E-state index in [1.165, 1.54) is 12.7 Å². The van der Waals surface area contributed by atoms with Crippen LogP contribution in [0.5, 0.6) is 0 Å². The van der Waals surface area contributed by atoms with E-state index in [0.29, 0.717) is 11.3 Å². The highest BCUT2D eigenvalue weighted by atomic mass is 16.5. The number of methoxy groups -OCH3 is 1. The van der Waals surface area contributed by atoms with Gasteiger partial charge in [0.25, 0.3) is 0 Å². The third-order valence-electron chi connectivity index (χ3n) is 4.68. The predicted octanol–water partition coefficient (Wildman–Crippen LogP) is 3.84. The van der Waals surface area contributed by atoms with Gasteiger partial charge in [-0.3, -0.25) is 4.79 Å². The van der Waals surface area contributed by atoms with Crippen LogP contribution in [0, 0.1) is 6.92 Å². The van der Waals surface area contributed by atoms with Gasteiger partial charge in [0, 0.05) is 5.69 Å². The first-order chi connectivity index (χ1) is 11.6. The van der Waals surface area contributed by atoms with E-state index in [1.807, 2.05) is 31.2 Å². The number of hydrogen-bond acceptors (Lipinski definition) is 3. The fourth-order valence-corrected chi connectivity index (χ4v) is 3.35. The van der Waals surface area contributed by atoms with Crippen molar-refractivity contribution >= 4 is 17.6 Å². The van der Waals surface area contributed by atoms with Gasteiger partial charge >= 0.3 is 5.97 Å². The van der Waals surface area contributed by atoms with E-state index in [4.69, 9.17) is 4.74 Å². The van der Waals surface area contributed by atoms with Crippen molar-refractivity contribution in [3.63, 3.8) is 0 Å². The van der Waals surface area contributed by atoms with E-state index >= 15 is 0 Å². The fraction of sp³-hybridized carbons (Fsp3) is 0.300. The second-order valence-corrected chi connectivity index (χ2v) is 6.10. The third kappa shape index (κ3) is 3.04. The topological polar surface area (TPSA) is 55.4 Å². The number of fused-ring (bicyclic) bond motifs is 1. The molecule has 0 spiro atoms. The smallest absolute Gasteiger partial charge is 0.338 e. The fourth-order valence-electron chi connectivity index (χ4n) is 3.35. The Bertz CT molecular complexity index is 782. The maximum absolute atomic E-state index is 12.8. The van der Waals surface area contributed by atoms with Crippen molar-refractivity contribution in [2.75, 3.05) is 12.4 Å². The Hall–Kier alpha value is -2.62. The average molecular weight is 323 g/mol. The molecule has 0 aliphatic heterocycles. The molecule has 1 aliphatic carbocycles. The van der Waals surface area contributed by atoms with E-state index < -0.39 is 5.97 Å². The molecule has 0 heterocycles. The molecule has 3 rings (SSSR count). The lowest BCUT2D eigenvalue weighted by molar-refractivity contribution is -0.117. The van der Waals surface area contributed by atoms with Crippen molar-refractivity contribution in [3.05, 3.63) is 64.7 Å². The lowest BCUT2D eigenvalue weighted by atomic mass is 9.82. The summed E-state index contributed by atoms with van der Waals surface area (Å²) in [6.45, 7) is 1.82. The van der Waals surface area contributed by atoms with Crippen LogP contribution in [0.2, 0.25) is 0 Å². The summed E-state index contributed by atoms with van der Waals surface area (Å²) in [6.07, 6.45) is 2.88. The number of anilines is 1. The molecule has 0 aromatic heterocycles. The van der Waals surface area contributed by atoms with E-state index in [2.05, 4.69) is 11.4 Å². The average Bonchev–Trinajstić information content (AvgIpc) is 2.62. The second kappa shape index (κ2) is 6.87. The van der Waals surface area contributed by atoms with Gasteiger partial charge in [0.05, 0.1) is 18.6 Å². The van der Waals surface area contributed by atoms with E-state index in [9.17, 15) is 9.59 Å². The minimum atomic E-state index is -0.397. The number of esters is 1. The quantitative estimate of drug-likeness (QED) is 0.873. The number of ether oxygens (including phenoxy) is 1. The Morgan fingerprint density at radius 3 is 2.71 bits per heavy atom. The first kappa shape index (κ1) is 16.2. The number of nitrogens with one attached hydrogen (secondary N) is 1. The minimum Gasteiger partial charge on any atom is -0.465 e. The standard InChI is InChI=1S/C20H21NO3/c1-13-15(20(23)24-2)10-6-12-18(13)21-19(22)17-11-5-8-14-7-3-4-9-16(14)17/h3-4,6-7,9-10,12,17H,5,8,11H2,1-2H3,(H,21,22). The Labute approximate surface area is 141 Å². The SMILES string of the molecule is COC(=O)c1cccc(NC(=O)C2CCCc3ccccc32)c1C. The highest BCUT2D eigenvalue weighted by molar-refractivity contribution is 5.99. The molecule has 1 unspecified atom stereocenters. The van der Waals surface area contributed by atoms with Crippen LogP contribution in [0.1, 0.15) is 45.8 Å². The first-order valence-electron chi connectivity index (χ1n) is 8.18. The Morgan fingerprint density at radius 2 is 1.92 bits per heavy atom. The number of aryl methyl sites for hydroxylation is 1. The summed E-state index contributed by atoms with van der Waals surface area (Å²) in [4.78, 5) is 24.6. The zero-order valence-electron chi connectivity index (χ0n) is 14.0. The van der Waals surface area contributed by atoms with E-state index in [-0.39, 0.29) is 11.8 Å². The molecule has 0 bridgehead atoms. The van der Waals surface area contributed by atoms with Gasteiger partial charge in [-0.1, -0.05) is 30.3 Å². The highest BCUT2D eigenvalue weighted by Gasteiger charge is 2.26. The molecule has 1 N–H and O–H groups in total.